The van der Waals surface area contributed by atoms with E-state index in [0.29, 0.717) is 5.56 Å². The van der Waals surface area contributed by atoms with Crippen molar-refractivity contribution in [3.63, 3.8) is 0 Å². The van der Waals surface area contributed by atoms with E-state index in [2.05, 4.69) is 10.6 Å². The molecule has 1 atom stereocenters. The van der Waals surface area contributed by atoms with E-state index >= 15 is 0 Å². The van der Waals surface area contributed by atoms with Gasteiger partial charge in [0.2, 0.25) is 5.91 Å². The monoisotopic (exact) mass is 322 g/mol. The van der Waals surface area contributed by atoms with Crippen LogP contribution in [-0.4, -0.2) is 12.5 Å². The SMILES string of the molecule is C[C@H](NCC(=O)NCc1ccccc1F)c1ccc(F)cc1F. The van der Waals surface area contributed by atoms with Crippen LogP contribution in [0, 0.1) is 17.5 Å². The quantitative estimate of drug-likeness (QED) is 0.858. The van der Waals surface area contributed by atoms with Crippen LogP contribution < -0.4 is 10.6 Å². The Kier molecular flexibility index (Phi) is 5.76. The van der Waals surface area contributed by atoms with Crippen molar-refractivity contribution in [3.05, 3.63) is 71.0 Å². The minimum absolute atomic E-state index is 0.0631. The molecule has 3 nitrogen and oxygen atoms in total. The topological polar surface area (TPSA) is 41.1 Å². The molecule has 0 bridgehead atoms. The maximum atomic E-state index is 13.6. The Morgan fingerprint density at radius 1 is 1.09 bits per heavy atom. The van der Waals surface area contributed by atoms with Gasteiger partial charge in [0.25, 0.3) is 0 Å². The largest absolute Gasteiger partial charge is 0.351 e. The molecular weight excluding hydrogens is 305 g/mol. The molecule has 2 N–H and O–H groups in total. The van der Waals surface area contributed by atoms with Gasteiger partial charge in [-0.05, 0) is 19.1 Å². The average Bonchev–Trinajstić information content (AvgIpc) is 2.52. The molecule has 2 aromatic carbocycles. The maximum Gasteiger partial charge on any atom is 0.234 e. The van der Waals surface area contributed by atoms with E-state index in [1.54, 1.807) is 25.1 Å². The molecular formula is C17H17F3N2O. The zero-order valence-electron chi connectivity index (χ0n) is 12.6. The van der Waals surface area contributed by atoms with Crippen LogP contribution in [0.15, 0.2) is 42.5 Å². The third kappa shape index (κ3) is 4.82. The molecule has 0 heterocycles. The molecule has 0 aliphatic heterocycles. The number of hydrogen-bond donors (Lipinski definition) is 2. The van der Waals surface area contributed by atoms with Gasteiger partial charge in [0.05, 0.1) is 6.54 Å². The number of halogens is 3. The van der Waals surface area contributed by atoms with Gasteiger partial charge in [0.15, 0.2) is 0 Å². The van der Waals surface area contributed by atoms with Gasteiger partial charge in [-0.15, -0.1) is 0 Å². The molecule has 0 saturated heterocycles. The van der Waals surface area contributed by atoms with Crippen LogP contribution in [0.2, 0.25) is 0 Å². The molecule has 23 heavy (non-hydrogen) atoms. The second-order valence-electron chi connectivity index (χ2n) is 5.14. The molecule has 2 rings (SSSR count). The van der Waals surface area contributed by atoms with Crippen LogP contribution in [0.4, 0.5) is 13.2 Å². The zero-order valence-corrected chi connectivity index (χ0v) is 12.6. The fourth-order valence-corrected chi connectivity index (χ4v) is 2.11. The third-order valence-electron chi connectivity index (χ3n) is 3.43. The molecule has 0 spiro atoms. The van der Waals surface area contributed by atoms with E-state index in [9.17, 15) is 18.0 Å². The lowest BCUT2D eigenvalue weighted by atomic mass is 10.1. The van der Waals surface area contributed by atoms with Gasteiger partial charge in [-0.1, -0.05) is 24.3 Å². The highest BCUT2D eigenvalue weighted by molar-refractivity contribution is 5.78. The fourth-order valence-electron chi connectivity index (χ4n) is 2.11. The van der Waals surface area contributed by atoms with Crippen molar-refractivity contribution in [1.82, 2.24) is 10.6 Å². The van der Waals surface area contributed by atoms with Crippen LogP contribution >= 0.6 is 0 Å². The van der Waals surface area contributed by atoms with Gasteiger partial charge in [0.1, 0.15) is 17.5 Å². The van der Waals surface area contributed by atoms with E-state index in [0.717, 1.165) is 12.1 Å². The summed E-state index contributed by atoms with van der Waals surface area (Å²) in [5.74, 6) is -2.05. The van der Waals surface area contributed by atoms with Gasteiger partial charge < -0.3 is 10.6 Å². The van der Waals surface area contributed by atoms with Gasteiger partial charge in [-0.2, -0.15) is 0 Å². The van der Waals surface area contributed by atoms with Crippen LogP contribution in [0.3, 0.4) is 0 Å². The van der Waals surface area contributed by atoms with E-state index in [1.165, 1.54) is 12.1 Å². The Labute approximate surface area is 132 Å². The summed E-state index contributed by atoms with van der Waals surface area (Å²) in [6, 6.07) is 8.98. The van der Waals surface area contributed by atoms with Gasteiger partial charge >= 0.3 is 0 Å². The number of hydrogen-bond acceptors (Lipinski definition) is 2. The fraction of sp³-hybridized carbons (Fsp3) is 0.235. The molecule has 0 fully saturated rings. The molecule has 0 unspecified atom stereocenters. The standard InChI is InChI=1S/C17H17F3N2O/c1-11(14-7-6-13(18)8-16(14)20)21-10-17(23)22-9-12-4-2-3-5-15(12)19/h2-8,11,21H,9-10H2,1H3,(H,22,23)/t11-/m0/s1. The Morgan fingerprint density at radius 2 is 1.83 bits per heavy atom. The summed E-state index contributed by atoms with van der Waals surface area (Å²) < 4.78 is 39.9. The first-order chi connectivity index (χ1) is 11.0. The number of nitrogens with one attached hydrogen (secondary N) is 2. The Hall–Kier alpha value is -2.34. The lowest BCUT2D eigenvalue weighted by Gasteiger charge is -2.15. The van der Waals surface area contributed by atoms with Gasteiger partial charge in [0, 0.05) is 29.8 Å². The van der Waals surface area contributed by atoms with Crippen LogP contribution in [0.5, 0.6) is 0 Å². The minimum Gasteiger partial charge on any atom is -0.351 e. The summed E-state index contributed by atoms with van der Waals surface area (Å²) in [6.07, 6.45) is 0. The maximum absolute atomic E-state index is 13.6. The number of amides is 1. The van der Waals surface area contributed by atoms with Crippen molar-refractivity contribution in [3.8, 4) is 0 Å². The first-order valence-electron chi connectivity index (χ1n) is 7.16. The highest BCUT2D eigenvalue weighted by Crippen LogP contribution is 2.17. The van der Waals surface area contributed by atoms with Crippen LogP contribution in [-0.2, 0) is 11.3 Å². The van der Waals surface area contributed by atoms with Crippen molar-refractivity contribution < 1.29 is 18.0 Å². The molecule has 0 aromatic heterocycles. The molecule has 0 saturated carbocycles. The van der Waals surface area contributed by atoms with E-state index < -0.39 is 17.7 Å². The summed E-state index contributed by atoms with van der Waals surface area (Å²) in [5, 5.41) is 5.42. The predicted molar refractivity (Wildman–Crippen MR) is 81.0 cm³/mol. The van der Waals surface area contributed by atoms with Crippen LogP contribution in [0.1, 0.15) is 24.1 Å². The molecule has 1 amide bonds. The van der Waals surface area contributed by atoms with Crippen molar-refractivity contribution in [1.29, 1.82) is 0 Å². The average molecular weight is 322 g/mol. The van der Waals surface area contributed by atoms with E-state index in [4.69, 9.17) is 0 Å². The molecule has 0 aliphatic rings. The number of carbonyl (C=O) groups is 1. The molecule has 6 heteroatoms. The predicted octanol–water partition coefficient (Wildman–Crippen LogP) is 3.07. The Bertz CT molecular complexity index is 691. The number of rotatable bonds is 6. The lowest BCUT2D eigenvalue weighted by Crippen LogP contribution is -2.35. The molecule has 0 aliphatic carbocycles. The minimum atomic E-state index is -0.670. The zero-order chi connectivity index (χ0) is 16.8. The third-order valence-corrected chi connectivity index (χ3v) is 3.43. The molecule has 0 radical (unpaired) electrons. The van der Waals surface area contributed by atoms with Gasteiger partial charge in [-0.3, -0.25) is 4.79 Å². The summed E-state index contributed by atoms with van der Waals surface area (Å²) in [4.78, 5) is 11.8. The lowest BCUT2D eigenvalue weighted by molar-refractivity contribution is -0.120. The highest BCUT2D eigenvalue weighted by atomic mass is 19.1. The summed E-state index contributed by atoms with van der Waals surface area (Å²) in [6.45, 7) is 1.68. The first-order valence-corrected chi connectivity index (χ1v) is 7.16. The summed E-state index contributed by atoms with van der Waals surface area (Å²) in [7, 11) is 0. The normalized spacial score (nSPS) is 12.0. The van der Waals surface area contributed by atoms with E-state index in [-0.39, 0.29) is 30.4 Å². The molecule has 2 aromatic rings. The second-order valence-corrected chi connectivity index (χ2v) is 5.14. The van der Waals surface area contributed by atoms with E-state index in [1.807, 2.05) is 0 Å². The molecule has 122 valence electrons. The Morgan fingerprint density at radius 3 is 2.52 bits per heavy atom. The van der Waals surface area contributed by atoms with Crippen molar-refractivity contribution in [2.24, 2.45) is 0 Å². The first kappa shape index (κ1) is 17.0. The smallest absolute Gasteiger partial charge is 0.234 e. The number of carbonyl (C=O) groups excluding carboxylic acids is 1. The second kappa shape index (κ2) is 7.78. The number of benzene rings is 2. The van der Waals surface area contributed by atoms with Crippen molar-refractivity contribution >= 4 is 5.91 Å². The van der Waals surface area contributed by atoms with Crippen molar-refractivity contribution in [2.75, 3.05) is 6.54 Å². The van der Waals surface area contributed by atoms with Crippen molar-refractivity contribution in [2.45, 2.75) is 19.5 Å². The summed E-state index contributed by atoms with van der Waals surface area (Å²) >= 11 is 0. The summed E-state index contributed by atoms with van der Waals surface area (Å²) in [5.41, 5.74) is 0.659. The van der Waals surface area contributed by atoms with Crippen LogP contribution in [0.25, 0.3) is 0 Å². The highest BCUT2D eigenvalue weighted by Gasteiger charge is 2.13. The Balaban J connectivity index is 1.83. The van der Waals surface area contributed by atoms with Gasteiger partial charge in [-0.25, -0.2) is 13.2 Å².